The van der Waals surface area contributed by atoms with E-state index in [1.54, 1.807) is 24.5 Å². The highest BCUT2D eigenvalue weighted by atomic mass is 35.5. The van der Waals surface area contributed by atoms with Crippen LogP contribution in [0.4, 0.5) is 17.5 Å². The number of nitrogens with zero attached hydrogens (tertiary/aromatic N) is 4. The van der Waals surface area contributed by atoms with E-state index in [0.717, 1.165) is 5.69 Å². The van der Waals surface area contributed by atoms with E-state index in [4.69, 9.17) is 26.1 Å². The molecule has 0 fully saturated rings. The van der Waals surface area contributed by atoms with Gasteiger partial charge in [-0.05, 0) is 38.5 Å². The molecule has 3 aromatic rings. The van der Waals surface area contributed by atoms with Crippen LogP contribution < -0.4 is 10.6 Å². The molecular weight excluding hydrogens is 494 g/mol. The molecule has 0 spiro atoms. The summed E-state index contributed by atoms with van der Waals surface area (Å²) in [5.74, 6) is 0.739. The molecule has 1 aromatic carbocycles. The molecule has 33 heavy (non-hydrogen) atoms. The summed E-state index contributed by atoms with van der Waals surface area (Å²) in [6.07, 6.45) is 1.88. The minimum absolute atomic E-state index is 0.0989. The molecule has 0 amide bonds. The first-order valence-electron chi connectivity index (χ1n) is 9.81. The normalized spacial score (nSPS) is 14.0. The van der Waals surface area contributed by atoms with Crippen LogP contribution in [-0.4, -0.2) is 52.8 Å². The molecule has 0 saturated carbocycles. The number of halogens is 1. The Morgan fingerprint density at radius 1 is 1.33 bits per heavy atom. The summed E-state index contributed by atoms with van der Waals surface area (Å²) in [7, 11) is -6.36. The van der Waals surface area contributed by atoms with Crippen molar-refractivity contribution in [2.45, 2.75) is 31.6 Å². The van der Waals surface area contributed by atoms with Gasteiger partial charge in [-0.2, -0.15) is 9.97 Å². The maximum atomic E-state index is 11.2. The number of rotatable bonds is 11. The van der Waals surface area contributed by atoms with Gasteiger partial charge in [0.05, 0.1) is 12.9 Å². The molecule has 3 rings (SSSR count). The maximum absolute atomic E-state index is 11.2. The molecule has 1 unspecified atom stereocenters. The monoisotopic (exact) mass is 516 g/mol. The van der Waals surface area contributed by atoms with E-state index >= 15 is 0 Å². The maximum Gasteiger partial charge on any atom is 0.397 e. The van der Waals surface area contributed by atoms with Gasteiger partial charge in [-0.1, -0.05) is 17.7 Å². The van der Waals surface area contributed by atoms with Gasteiger partial charge in [-0.25, -0.2) is 4.98 Å². The zero-order valence-corrected chi connectivity index (χ0v) is 20.3. The standard InChI is InChI=1S/C18H23ClN6O6P2/c1-11(2)25-10-21-14-15(22-13-6-3-5-12(19)9-13)23-17(24-16(14)25)20-7-4-8-31-18(26,32-27)33(28,29)30/h3,5-6,9-11,26H,4,7-8H2,1-2H3,(H2,28,29,30)(H2,20,22,23,24). The van der Waals surface area contributed by atoms with Crippen molar-refractivity contribution in [2.24, 2.45) is 0 Å². The summed E-state index contributed by atoms with van der Waals surface area (Å²) in [5, 5.41) is 13.4. The van der Waals surface area contributed by atoms with Gasteiger partial charge < -0.3 is 34.8 Å². The minimum Gasteiger partial charge on any atom is -0.354 e. The largest absolute Gasteiger partial charge is 0.397 e. The number of ether oxygens (including phenoxy) is 1. The zero-order valence-electron chi connectivity index (χ0n) is 17.7. The van der Waals surface area contributed by atoms with Gasteiger partial charge in [0.2, 0.25) is 14.4 Å². The van der Waals surface area contributed by atoms with Crippen molar-refractivity contribution < 1.29 is 28.8 Å². The van der Waals surface area contributed by atoms with E-state index < -0.39 is 21.3 Å². The average Bonchev–Trinajstić information content (AvgIpc) is 3.17. The van der Waals surface area contributed by atoms with Crippen molar-refractivity contribution in [3.05, 3.63) is 35.6 Å². The van der Waals surface area contributed by atoms with E-state index in [2.05, 4.69) is 25.6 Å². The van der Waals surface area contributed by atoms with Crippen molar-refractivity contribution in [1.29, 1.82) is 0 Å². The van der Waals surface area contributed by atoms with Crippen molar-refractivity contribution in [3.63, 3.8) is 0 Å². The summed E-state index contributed by atoms with van der Waals surface area (Å²) in [6.45, 7) is 3.96. The first-order valence-corrected chi connectivity index (χ1v) is 12.6. The van der Waals surface area contributed by atoms with Crippen LogP contribution in [0.1, 0.15) is 26.3 Å². The highest BCUT2D eigenvalue weighted by molar-refractivity contribution is 7.62. The fraction of sp³-hybridized carbons (Fsp3) is 0.389. The number of anilines is 3. The van der Waals surface area contributed by atoms with Crippen LogP contribution in [0.25, 0.3) is 11.2 Å². The highest BCUT2D eigenvalue weighted by Gasteiger charge is 2.48. The smallest absolute Gasteiger partial charge is 0.354 e. The second-order valence-electron chi connectivity index (χ2n) is 7.29. The number of aromatic nitrogens is 4. The highest BCUT2D eigenvalue weighted by Crippen LogP contribution is 2.55. The molecule has 0 aliphatic carbocycles. The molecule has 15 heteroatoms. The van der Waals surface area contributed by atoms with Gasteiger partial charge in [0, 0.05) is 23.3 Å². The molecule has 0 aliphatic heterocycles. The van der Waals surface area contributed by atoms with Crippen molar-refractivity contribution in [3.8, 4) is 0 Å². The number of hydrogen-bond donors (Lipinski definition) is 5. The Labute approximate surface area is 195 Å². The Balaban J connectivity index is 1.76. The van der Waals surface area contributed by atoms with E-state index in [-0.39, 0.29) is 31.6 Å². The third-order valence-electron chi connectivity index (χ3n) is 4.46. The predicted octanol–water partition coefficient (Wildman–Crippen LogP) is 3.70. The summed E-state index contributed by atoms with van der Waals surface area (Å²) >= 11 is 6.07. The van der Waals surface area contributed by atoms with Crippen LogP contribution in [0.5, 0.6) is 0 Å². The molecule has 0 aliphatic rings. The van der Waals surface area contributed by atoms with Crippen LogP contribution in [0.2, 0.25) is 5.02 Å². The minimum atomic E-state index is -5.14. The van der Waals surface area contributed by atoms with Gasteiger partial charge >= 0.3 is 12.9 Å². The second kappa shape index (κ2) is 10.4. The predicted molar refractivity (Wildman–Crippen MR) is 124 cm³/mol. The van der Waals surface area contributed by atoms with Crippen molar-refractivity contribution in [2.75, 3.05) is 23.8 Å². The summed E-state index contributed by atoms with van der Waals surface area (Å²) in [5.41, 5.74) is 1.89. The third-order valence-corrected chi connectivity index (χ3v) is 6.98. The number of nitrogens with one attached hydrogen (secondary N) is 2. The fourth-order valence-electron chi connectivity index (χ4n) is 2.81. The molecule has 1 atom stereocenters. The number of benzene rings is 1. The first-order chi connectivity index (χ1) is 15.5. The Bertz CT molecular complexity index is 1190. The number of imidazole rings is 1. The Kier molecular flexibility index (Phi) is 8.02. The Morgan fingerprint density at radius 3 is 2.73 bits per heavy atom. The van der Waals surface area contributed by atoms with Gasteiger partial charge in [-0.15, -0.1) is 0 Å². The lowest BCUT2D eigenvalue weighted by Gasteiger charge is -2.21. The molecule has 2 heterocycles. The SMILES string of the molecule is CC(C)n1cnc2c(Nc3cccc(Cl)c3)nc(NCCCOC(O)(P=O)P(=O)(O)O)nc21. The lowest BCUT2D eigenvalue weighted by atomic mass is 10.3. The van der Waals surface area contributed by atoms with Crippen LogP contribution >= 0.6 is 27.7 Å². The summed E-state index contributed by atoms with van der Waals surface area (Å²) < 4.78 is 28.8. The van der Waals surface area contributed by atoms with E-state index in [1.165, 1.54) is 0 Å². The van der Waals surface area contributed by atoms with Crippen molar-refractivity contribution in [1.82, 2.24) is 19.5 Å². The number of hydrogen-bond acceptors (Lipinski definition) is 9. The summed E-state index contributed by atoms with van der Waals surface area (Å²) in [4.78, 5) is 31.6. The topological polar surface area (TPSA) is 172 Å². The van der Waals surface area contributed by atoms with Gasteiger partial charge in [0.1, 0.15) is 0 Å². The zero-order chi connectivity index (χ0) is 24.2. The molecule has 178 valence electrons. The Hall–Kier alpha value is -2.17. The van der Waals surface area contributed by atoms with Crippen molar-refractivity contribution >= 4 is 56.3 Å². The number of aliphatic hydroxyl groups is 1. The number of fused-ring (bicyclic) bond motifs is 1. The Morgan fingerprint density at radius 2 is 2.09 bits per heavy atom. The van der Waals surface area contributed by atoms with Crippen LogP contribution in [0.15, 0.2) is 30.6 Å². The van der Waals surface area contributed by atoms with Crippen LogP contribution in [-0.2, 0) is 13.9 Å². The first kappa shape index (κ1) is 25.5. The summed E-state index contributed by atoms with van der Waals surface area (Å²) in [6, 6.07) is 7.24. The van der Waals surface area contributed by atoms with E-state index in [9.17, 15) is 14.2 Å². The lowest BCUT2D eigenvalue weighted by Crippen LogP contribution is -2.26. The van der Waals surface area contributed by atoms with Gasteiger partial charge in [0.15, 0.2) is 17.0 Å². The van der Waals surface area contributed by atoms with E-state index in [1.807, 2.05) is 24.5 Å². The molecule has 0 bridgehead atoms. The third kappa shape index (κ3) is 6.04. The van der Waals surface area contributed by atoms with E-state index in [0.29, 0.717) is 22.0 Å². The molecule has 2 aromatic heterocycles. The second-order valence-corrected chi connectivity index (χ2v) is 10.6. The molecule has 0 radical (unpaired) electrons. The quantitative estimate of drug-likeness (QED) is 0.143. The molecular formula is C18H23ClN6O6P2. The molecule has 12 nitrogen and oxygen atoms in total. The molecule has 0 saturated heterocycles. The van der Waals surface area contributed by atoms with Crippen LogP contribution in [0.3, 0.4) is 0 Å². The molecule has 5 N–H and O–H groups in total. The van der Waals surface area contributed by atoms with Crippen LogP contribution in [0, 0.1) is 0 Å². The van der Waals surface area contributed by atoms with Gasteiger partial charge in [-0.3, -0.25) is 9.13 Å². The lowest BCUT2D eigenvalue weighted by molar-refractivity contribution is -0.0876. The van der Waals surface area contributed by atoms with Gasteiger partial charge in [0.25, 0.3) is 0 Å². The fourth-order valence-corrected chi connectivity index (χ4v) is 3.83. The average molecular weight is 517 g/mol.